The number of amides is 1. The molecule has 6 heteroatoms. The molecule has 1 aliphatic rings. The van der Waals surface area contributed by atoms with Gasteiger partial charge >= 0.3 is 0 Å². The van der Waals surface area contributed by atoms with Crippen LogP contribution in [0.15, 0.2) is 17.0 Å². The van der Waals surface area contributed by atoms with Crippen LogP contribution in [0.25, 0.3) is 0 Å². The minimum Gasteiger partial charge on any atom is -0.396 e. The summed E-state index contributed by atoms with van der Waals surface area (Å²) in [5, 5.41) is 7.22. The van der Waals surface area contributed by atoms with Crippen LogP contribution < -0.4 is 16.4 Å². The van der Waals surface area contributed by atoms with Crippen molar-refractivity contribution in [1.29, 1.82) is 0 Å². The van der Waals surface area contributed by atoms with E-state index < -0.39 is 0 Å². The van der Waals surface area contributed by atoms with Crippen molar-refractivity contribution in [3.05, 3.63) is 17.0 Å². The molecular formula is C13H19N3OS2. The van der Waals surface area contributed by atoms with Gasteiger partial charge in [-0.05, 0) is 26.0 Å². The Labute approximate surface area is 121 Å². The quantitative estimate of drug-likeness (QED) is 0.558. The first-order valence-electron chi connectivity index (χ1n) is 6.18. The van der Waals surface area contributed by atoms with E-state index in [4.69, 9.17) is 5.73 Å². The molecule has 1 aromatic rings. The Morgan fingerprint density at radius 2 is 2.26 bits per heavy atom. The maximum absolute atomic E-state index is 12.1. The Morgan fingerprint density at radius 1 is 1.58 bits per heavy atom. The maximum atomic E-state index is 12.1. The van der Waals surface area contributed by atoms with Crippen molar-refractivity contribution in [1.82, 2.24) is 5.32 Å². The van der Waals surface area contributed by atoms with Crippen molar-refractivity contribution in [3.8, 4) is 0 Å². The summed E-state index contributed by atoms with van der Waals surface area (Å²) in [5.74, 6) is -0.0522. The van der Waals surface area contributed by atoms with E-state index >= 15 is 0 Å². The molecule has 0 saturated heterocycles. The van der Waals surface area contributed by atoms with Crippen molar-refractivity contribution in [2.24, 2.45) is 0 Å². The van der Waals surface area contributed by atoms with Crippen molar-refractivity contribution in [2.75, 3.05) is 23.9 Å². The Kier molecular flexibility index (Phi) is 4.42. The van der Waals surface area contributed by atoms with Gasteiger partial charge in [0, 0.05) is 12.6 Å². The van der Waals surface area contributed by atoms with Gasteiger partial charge in [0.25, 0.3) is 5.91 Å². The van der Waals surface area contributed by atoms with E-state index in [9.17, 15) is 4.79 Å². The van der Waals surface area contributed by atoms with Crippen LogP contribution in [0.4, 0.5) is 10.7 Å². The van der Waals surface area contributed by atoms with Gasteiger partial charge in [0.2, 0.25) is 0 Å². The lowest BCUT2D eigenvalue weighted by Gasteiger charge is -2.05. The monoisotopic (exact) mass is 297 g/mol. The Morgan fingerprint density at radius 3 is 2.79 bits per heavy atom. The van der Waals surface area contributed by atoms with Gasteiger partial charge in [-0.1, -0.05) is 12.2 Å². The topological polar surface area (TPSA) is 67.2 Å². The molecule has 2 rings (SSSR count). The number of nitrogens with one attached hydrogen (secondary N) is 2. The summed E-state index contributed by atoms with van der Waals surface area (Å²) in [6.45, 7) is 6.52. The predicted octanol–water partition coefficient (Wildman–Crippen LogP) is 2.93. The van der Waals surface area contributed by atoms with Crippen LogP contribution in [0.3, 0.4) is 0 Å². The average molecular weight is 297 g/mol. The normalized spacial score (nSPS) is 14.2. The number of nitrogen functional groups attached to an aromatic ring is 1. The molecule has 19 heavy (non-hydrogen) atoms. The number of rotatable bonds is 6. The lowest BCUT2D eigenvalue weighted by Crippen LogP contribution is -2.25. The third kappa shape index (κ3) is 3.45. The second kappa shape index (κ2) is 5.88. The summed E-state index contributed by atoms with van der Waals surface area (Å²) in [6, 6.07) is 0.346. The standard InChI is InChI=1S/C13H19N3OS2/c1-7(2)6-15-13-11(18-3)9(14)10(19-13)12(17)16-8-4-5-8/h8,15H,1,4-6,14H2,2-3H3,(H,16,17). The zero-order valence-corrected chi connectivity index (χ0v) is 12.8. The first kappa shape index (κ1) is 14.3. The summed E-state index contributed by atoms with van der Waals surface area (Å²) >= 11 is 2.98. The van der Waals surface area contributed by atoms with Gasteiger partial charge in [-0.3, -0.25) is 4.79 Å². The molecule has 0 aliphatic heterocycles. The third-order valence-corrected chi connectivity index (χ3v) is 4.90. The molecular weight excluding hydrogens is 278 g/mol. The number of thiophene rings is 1. The molecule has 0 unspecified atom stereocenters. The molecule has 1 saturated carbocycles. The van der Waals surface area contributed by atoms with E-state index in [2.05, 4.69) is 17.2 Å². The molecule has 1 fully saturated rings. The van der Waals surface area contributed by atoms with Gasteiger partial charge in [0.15, 0.2) is 0 Å². The second-order valence-electron chi connectivity index (χ2n) is 4.77. The molecule has 0 radical (unpaired) electrons. The van der Waals surface area contributed by atoms with E-state index in [1.807, 2.05) is 13.2 Å². The van der Waals surface area contributed by atoms with E-state index in [1.165, 1.54) is 11.3 Å². The van der Waals surface area contributed by atoms with Crippen LogP contribution in [0.1, 0.15) is 29.4 Å². The minimum atomic E-state index is -0.0522. The Hall–Kier alpha value is -1.14. The van der Waals surface area contributed by atoms with Crippen LogP contribution in [-0.2, 0) is 0 Å². The SMILES string of the molecule is C=C(C)CNc1sc(C(=O)NC2CC2)c(N)c1SC. The number of carbonyl (C=O) groups is 1. The van der Waals surface area contributed by atoms with Gasteiger partial charge in [-0.25, -0.2) is 0 Å². The van der Waals surface area contributed by atoms with E-state index in [-0.39, 0.29) is 5.91 Å². The molecule has 4 N–H and O–H groups in total. The molecule has 4 nitrogen and oxygen atoms in total. The largest absolute Gasteiger partial charge is 0.396 e. The van der Waals surface area contributed by atoms with Gasteiger partial charge in [0.1, 0.15) is 9.88 Å². The lowest BCUT2D eigenvalue weighted by atomic mass is 10.3. The zero-order valence-electron chi connectivity index (χ0n) is 11.2. The summed E-state index contributed by atoms with van der Waals surface area (Å²) in [7, 11) is 0. The first-order valence-corrected chi connectivity index (χ1v) is 8.22. The molecule has 1 aromatic heterocycles. The molecule has 104 valence electrons. The number of hydrogen-bond acceptors (Lipinski definition) is 5. The molecule has 1 amide bonds. The van der Waals surface area contributed by atoms with Gasteiger partial charge in [-0.2, -0.15) is 0 Å². The minimum absolute atomic E-state index is 0.0522. The number of anilines is 2. The molecule has 0 aromatic carbocycles. The smallest absolute Gasteiger partial charge is 0.263 e. The fraction of sp³-hybridized carbons (Fsp3) is 0.462. The fourth-order valence-corrected chi connectivity index (χ4v) is 3.56. The molecule has 1 heterocycles. The highest BCUT2D eigenvalue weighted by Crippen LogP contribution is 2.41. The third-order valence-electron chi connectivity index (χ3n) is 2.77. The predicted molar refractivity (Wildman–Crippen MR) is 84.3 cm³/mol. The second-order valence-corrected chi connectivity index (χ2v) is 6.60. The number of hydrogen-bond donors (Lipinski definition) is 3. The van der Waals surface area contributed by atoms with Gasteiger partial charge in [-0.15, -0.1) is 23.1 Å². The van der Waals surface area contributed by atoms with Crippen LogP contribution in [0.5, 0.6) is 0 Å². The van der Waals surface area contributed by atoms with Gasteiger partial charge in [0.05, 0.1) is 10.6 Å². The van der Waals surface area contributed by atoms with Crippen LogP contribution >= 0.6 is 23.1 Å². The molecule has 1 aliphatic carbocycles. The van der Waals surface area contributed by atoms with Gasteiger partial charge < -0.3 is 16.4 Å². The van der Waals surface area contributed by atoms with Crippen molar-refractivity contribution < 1.29 is 4.79 Å². The number of carbonyl (C=O) groups excluding carboxylic acids is 1. The number of thioether (sulfide) groups is 1. The van der Waals surface area contributed by atoms with Crippen molar-refractivity contribution >= 4 is 39.7 Å². The highest BCUT2D eigenvalue weighted by atomic mass is 32.2. The molecule has 0 bridgehead atoms. The summed E-state index contributed by atoms with van der Waals surface area (Å²) in [5.41, 5.74) is 7.71. The zero-order chi connectivity index (χ0) is 14.0. The molecule has 0 atom stereocenters. The van der Waals surface area contributed by atoms with Crippen LogP contribution in [-0.4, -0.2) is 24.7 Å². The Balaban J connectivity index is 2.18. The Bertz CT molecular complexity index is 506. The first-order chi connectivity index (χ1) is 9.02. The summed E-state index contributed by atoms with van der Waals surface area (Å²) < 4.78 is 0. The van der Waals surface area contributed by atoms with E-state index in [1.54, 1.807) is 11.8 Å². The van der Waals surface area contributed by atoms with Crippen LogP contribution in [0, 0.1) is 0 Å². The fourth-order valence-electron chi connectivity index (χ4n) is 1.63. The van der Waals surface area contributed by atoms with Crippen LogP contribution in [0.2, 0.25) is 0 Å². The maximum Gasteiger partial charge on any atom is 0.263 e. The summed E-state index contributed by atoms with van der Waals surface area (Å²) in [4.78, 5) is 13.7. The number of nitrogens with two attached hydrogens (primary N) is 1. The molecule has 0 spiro atoms. The van der Waals surface area contributed by atoms with Crippen molar-refractivity contribution in [3.63, 3.8) is 0 Å². The van der Waals surface area contributed by atoms with Crippen molar-refractivity contribution in [2.45, 2.75) is 30.7 Å². The highest BCUT2D eigenvalue weighted by molar-refractivity contribution is 7.99. The highest BCUT2D eigenvalue weighted by Gasteiger charge is 2.27. The average Bonchev–Trinajstić information content (AvgIpc) is 3.09. The van der Waals surface area contributed by atoms with E-state index in [0.29, 0.717) is 23.2 Å². The van der Waals surface area contributed by atoms with E-state index in [0.717, 1.165) is 28.3 Å². The summed E-state index contributed by atoms with van der Waals surface area (Å²) in [6.07, 6.45) is 4.12. The lowest BCUT2D eigenvalue weighted by molar-refractivity contribution is 0.0956.